The van der Waals surface area contributed by atoms with Gasteiger partial charge in [-0.25, -0.2) is 0 Å². The van der Waals surface area contributed by atoms with E-state index in [4.69, 9.17) is 4.74 Å². The molecular formula is C25H23N3O. The number of anilines is 2. The van der Waals surface area contributed by atoms with Crippen LogP contribution in [0.2, 0.25) is 0 Å². The van der Waals surface area contributed by atoms with Gasteiger partial charge in [-0.1, -0.05) is 36.4 Å². The van der Waals surface area contributed by atoms with Gasteiger partial charge in [-0.3, -0.25) is 9.97 Å². The van der Waals surface area contributed by atoms with Crippen molar-refractivity contribution in [3.05, 3.63) is 103 Å². The average molecular weight is 381 g/mol. The molecule has 4 rings (SSSR count). The lowest BCUT2D eigenvalue weighted by atomic mass is 9.94. The van der Waals surface area contributed by atoms with Crippen LogP contribution in [0.4, 0.5) is 11.4 Å². The molecule has 0 saturated heterocycles. The number of hydrogen-bond donors (Lipinski definition) is 0. The fourth-order valence-electron chi connectivity index (χ4n) is 3.64. The topological polar surface area (TPSA) is 38.2 Å². The van der Waals surface area contributed by atoms with Gasteiger partial charge in [0.15, 0.2) is 0 Å². The second-order valence-corrected chi connectivity index (χ2v) is 6.79. The number of pyridine rings is 2. The third-order valence-electron chi connectivity index (χ3n) is 5.03. The van der Waals surface area contributed by atoms with Gasteiger partial charge >= 0.3 is 0 Å². The highest BCUT2D eigenvalue weighted by atomic mass is 16.5. The highest BCUT2D eigenvalue weighted by Gasteiger charge is 2.21. The van der Waals surface area contributed by atoms with Gasteiger partial charge in [-0.2, -0.15) is 0 Å². The molecular weight excluding hydrogens is 358 g/mol. The maximum Gasteiger partial charge on any atom is 0.119 e. The summed E-state index contributed by atoms with van der Waals surface area (Å²) in [6, 6.07) is 24.8. The summed E-state index contributed by atoms with van der Waals surface area (Å²) in [5, 5.41) is 0. The lowest BCUT2D eigenvalue weighted by Crippen LogP contribution is -2.22. The van der Waals surface area contributed by atoms with Crippen molar-refractivity contribution < 1.29 is 4.74 Å². The van der Waals surface area contributed by atoms with Crippen LogP contribution >= 0.6 is 0 Å². The van der Waals surface area contributed by atoms with E-state index in [1.165, 1.54) is 11.1 Å². The van der Waals surface area contributed by atoms with Gasteiger partial charge in [-0.05, 0) is 60.0 Å². The van der Waals surface area contributed by atoms with Crippen molar-refractivity contribution in [3.63, 3.8) is 0 Å². The highest BCUT2D eigenvalue weighted by Crippen LogP contribution is 2.38. The van der Waals surface area contributed by atoms with E-state index in [-0.39, 0.29) is 6.04 Å². The third-order valence-corrected chi connectivity index (χ3v) is 5.03. The van der Waals surface area contributed by atoms with E-state index in [1.807, 2.05) is 36.7 Å². The van der Waals surface area contributed by atoms with E-state index < -0.39 is 0 Å². The number of hydrogen-bond acceptors (Lipinski definition) is 4. The fourth-order valence-corrected chi connectivity index (χ4v) is 3.64. The van der Waals surface area contributed by atoms with E-state index >= 15 is 0 Å². The summed E-state index contributed by atoms with van der Waals surface area (Å²) in [5.41, 5.74) is 5.57. The standard InChI is InChI=1S/C25H23N3O/c1-19(28(21-9-6-14-26-17-21)22-10-7-15-27-18-22)24-12-3-4-13-25(24)20-8-5-11-23(16-20)29-2/h3-19H,1-2H3. The quantitative estimate of drug-likeness (QED) is 0.407. The summed E-state index contributed by atoms with van der Waals surface area (Å²) < 4.78 is 5.44. The first-order valence-electron chi connectivity index (χ1n) is 9.60. The minimum absolute atomic E-state index is 0.0609. The van der Waals surface area contributed by atoms with Crippen molar-refractivity contribution in [2.75, 3.05) is 12.0 Å². The van der Waals surface area contributed by atoms with Crippen LogP contribution in [0.1, 0.15) is 18.5 Å². The van der Waals surface area contributed by atoms with Gasteiger partial charge in [0.05, 0.1) is 36.9 Å². The predicted molar refractivity (Wildman–Crippen MR) is 117 cm³/mol. The van der Waals surface area contributed by atoms with Gasteiger partial charge < -0.3 is 9.64 Å². The Kier molecular flexibility index (Phi) is 5.52. The summed E-state index contributed by atoms with van der Waals surface area (Å²) >= 11 is 0. The molecule has 2 aromatic heterocycles. The molecule has 1 unspecified atom stereocenters. The van der Waals surface area contributed by atoms with Crippen LogP contribution in [-0.4, -0.2) is 17.1 Å². The predicted octanol–water partition coefficient (Wildman–Crippen LogP) is 6.05. The number of methoxy groups -OCH3 is 1. The molecule has 144 valence electrons. The van der Waals surface area contributed by atoms with Gasteiger partial charge in [-0.15, -0.1) is 0 Å². The molecule has 0 saturated carbocycles. The summed E-state index contributed by atoms with van der Waals surface area (Å²) in [4.78, 5) is 10.9. The molecule has 0 fully saturated rings. The van der Waals surface area contributed by atoms with Gasteiger partial charge in [0.1, 0.15) is 5.75 Å². The molecule has 0 radical (unpaired) electrons. The molecule has 2 heterocycles. The number of benzene rings is 2. The molecule has 0 spiro atoms. The number of nitrogens with zero attached hydrogens (tertiary/aromatic N) is 3. The van der Waals surface area contributed by atoms with E-state index in [9.17, 15) is 0 Å². The molecule has 0 aliphatic carbocycles. The van der Waals surface area contributed by atoms with E-state index in [0.29, 0.717) is 0 Å². The Morgan fingerprint density at radius 2 is 1.48 bits per heavy atom. The third kappa shape index (κ3) is 3.97. The molecule has 0 aliphatic rings. The lowest BCUT2D eigenvalue weighted by molar-refractivity contribution is 0.415. The van der Waals surface area contributed by atoms with Crippen molar-refractivity contribution in [1.29, 1.82) is 0 Å². The SMILES string of the molecule is COc1cccc(-c2ccccc2C(C)N(c2cccnc2)c2cccnc2)c1. The van der Waals surface area contributed by atoms with Crippen molar-refractivity contribution >= 4 is 11.4 Å². The number of aromatic nitrogens is 2. The zero-order chi connectivity index (χ0) is 20.1. The van der Waals surface area contributed by atoms with Gasteiger partial charge in [0, 0.05) is 12.4 Å². The van der Waals surface area contributed by atoms with E-state index in [2.05, 4.69) is 70.3 Å². The first-order chi connectivity index (χ1) is 14.3. The molecule has 0 amide bonds. The Labute approximate surface area is 171 Å². The van der Waals surface area contributed by atoms with Crippen molar-refractivity contribution in [3.8, 4) is 16.9 Å². The minimum atomic E-state index is 0.0609. The second kappa shape index (κ2) is 8.57. The van der Waals surface area contributed by atoms with Crippen LogP contribution < -0.4 is 9.64 Å². The molecule has 4 aromatic rings. The summed E-state index contributed by atoms with van der Waals surface area (Å²) in [6.45, 7) is 2.21. The van der Waals surface area contributed by atoms with Crippen LogP contribution in [0.5, 0.6) is 5.75 Å². The van der Waals surface area contributed by atoms with Crippen LogP contribution in [0.25, 0.3) is 11.1 Å². The zero-order valence-electron chi connectivity index (χ0n) is 16.6. The Bertz CT molecular complexity index is 1030. The van der Waals surface area contributed by atoms with Crippen molar-refractivity contribution in [2.45, 2.75) is 13.0 Å². The lowest BCUT2D eigenvalue weighted by Gasteiger charge is -2.32. The Morgan fingerprint density at radius 3 is 2.10 bits per heavy atom. The van der Waals surface area contributed by atoms with Gasteiger partial charge in [0.2, 0.25) is 0 Å². The monoisotopic (exact) mass is 381 g/mol. The normalized spacial score (nSPS) is 11.7. The van der Waals surface area contributed by atoms with E-state index in [1.54, 1.807) is 19.5 Å². The summed E-state index contributed by atoms with van der Waals surface area (Å²) in [6.07, 6.45) is 7.36. The fraction of sp³-hybridized carbons (Fsp3) is 0.120. The molecule has 0 aliphatic heterocycles. The first-order valence-corrected chi connectivity index (χ1v) is 9.60. The Hall–Kier alpha value is -3.66. The van der Waals surface area contributed by atoms with E-state index in [0.717, 1.165) is 22.7 Å². The number of rotatable bonds is 6. The van der Waals surface area contributed by atoms with Crippen molar-refractivity contribution in [1.82, 2.24) is 9.97 Å². The number of ether oxygens (including phenoxy) is 1. The Morgan fingerprint density at radius 1 is 0.793 bits per heavy atom. The first kappa shape index (κ1) is 18.7. The Balaban J connectivity index is 1.83. The smallest absolute Gasteiger partial charge is 0.119 e. The van der Waals surface area contributed by atoms with Crippen LogP contribution in [0.15, 0.2) is 97.6 Å². The van der Waals surface area contributed by atoms with Gasteiger partial charge in [0.25, 0.3) is 0 Å². The minimum Gasteiger partial charge on any atom is -0.497 e. The molecule has 2 aromatic carbocycles. The second-order valence-electron chi connectivity index (χ2n) is 6.79. The largest absolute Gasteiger partial charge is 0.497 e. The van der Waals surface area contributed by atoms with Crippen molar-refractivity contribution in [2.24, 2.45) is 0 Å². The maximum absolute atomic E-state index is 5.44. The maximum atomic E-state index is 5.44. The zero-order valence-corrected chi connectivity index (χ0v) is 16.6. The molecule has 29 heavy (non-hydrogen) atoms. The van der Waals surface area contributed by atoms with Crippen LogP contribution in [-0.2, 0) is 0 Å². The molecule has 1 atom stereocenters. The molecule has 0 bridgehead atoms. The molecule has 0 N–H and O–H groups in total. The van der Waals surface area contributed by atoms with Crippen LogP contribution in [0, 0.1) is 0 Å². The summed E-state index contributed by atoms with van der Waals surface area (Å²) in [7, 11) is 1.69. The molecule has 4 heteroatoms. The average Bonchev–Trinajstić information content (AvgIpc) is 2.80. The van der Waals surface area contributed by atoms with Crippen LogP contribution in [0.3, 0.4) is 0 Å². The summed E-state index contributed by atoms with van der Waals surface area (Å²) in [5.74, 6) is 0.848. The molecule has 4 nitrogen and oxygen atoms in total. The highest BCUT2D eigenvalue weighted by molar-refractivity contribution is 5.72.